The molecule has 6 heteroatoms. The molecular weight excluding hydrogens is 296 g/mol. The van der Waals surface area contributed by atoms with Crippen molar-refractivity contribution in [2.75, 3.05) is 6.61 Å². The summed E-state index contributed by atoms with van der Waals surface area (Å²) in [5.41, 5.74) is 0. The van der Waals surface area contributed by atoms with E-state index in [1.807, 2.05) is 0 Å². The Balaban J connectivity index is 4.55. The van der Waals surface area contributed by atoms with E-state index in [-0.39, 0.29) is 15.6 Å². The SMILES string of the molecule is CCOC(=O)C(Br)=C(Br)C(=O)O. The average Bonchev–Trinajstić information content (AvgIpc) is 2.02. The van der Waals surface area contributed by atoms with Crippen molar-refractivity contribution in [2.24, 2.45) is 0 Å². The van der Waals surface area contributed by atoms with Crippen molar-refractivity contribution >= 4 is 43.8 Å². The second kappa shape index (κ2) is 5.31. The summed E-state index contributed by atoms with van der Waals surface area (Å²) in [5, 5.41) is 8.43. The number of hydrogen-bond donors (Lipinski definition) is 1. The van der Waals surface area contributed by atoms with E-state index in [1.165, 1.54) is 0 Å². The molecule has 1 N–H and O–H groups in total. The molecule has 0 aromatic rings. The van der Waals surface area contributed by atoms with Crippen LogP contribution in [0.25, 0.3) is 0 Å². The molecule has 0 spiro atoms. The van der Waals surface area contributed by atoms with Crippen LogP contribution in [0.4, 0.5) is 0 Å². The van der Waals surface area contributed by atoms with Gasteiger partial charge in [-0.15, -0.1) is 0 Å². The zero-order chi connectivity index (χ0) is 9.72. The van der Waals surface area contributed by atoms with Gasteiger partial charge in [-0.2, -0.15) is 0 Å². The second-order valence-corrected chi connectivity index (χ2v) is 3.24. The third-order valence-electron chi connectivity index (χ3n) is 0.835. The molecule has 68 valence electrons. The third kappa shape index (κ3) is 3.36. The highest BCUT2D eigenvalue weighted by atomic mass is 79.9. The van der Waals surface area contributed by atoms with Gasteiger partial charge < -0.3 is 9.84 Å². The molecule has 0 atom stereocenters. The van der Waals surface area contributed by atoms with E-state index in [2.05, 4.69) is 36.6 Å². The second-order valence-electron chi connectivity index (χ2n) is 1.65. The van der Waals surface area contributed by atoms with Crippen molar-refractivity contribution in [2.45, 2.75) is 6.92 Å². The molecule has 0 fully saturated rings. The maximum Gasteiger partial charge on any atom is 0.346 e. The summed E-state index contributed by atoms with van der Waals surface area (Å²) in [6, 6.07) is 0. The predicted molar refractivity (Wildman–Crippen MR) is 49.1 cm³/mol. The first kappa shape index (κ1) is 11.6. The summed E-state index contributed by atoms with van der Waals surface area (Å²) in [6.45, 7) is 1.83. The number of hydrogen-bond acceptors (Lipinski definition) is 3. The van der Waals surface area contributed by atoms with Crippen LogP contribution in [0.3, 0.4) is 0 Å². The molecule has 0 aliphatic rings. The molecule has 0 unspecified atom stereocenters. The van der Waals surface area contributed by atoms with E-state index in [0.29, 0.717) is 0 Å². The molecule has 0 aliphatic heterocycles. The normalized spacial score (nSPS) is 11.9. The largest absolute Gasteiger partial charge is 0.477 e. The maximum absolute atomic E-state index is 10.9. The van der Waals surface area contributed by atoms with Gasteiger partial charge in [0, 0.05) is 0 Å². The Labute approximate surface area is 85.8 Å². The fourth-order valence-electron chi connectivity index (χ4n) is 0.378. The van der Waals surface area contributed by atoms with E-state index in [4.69, 9.17) is 5.11 Å². The van der Waals surface area contributed by atoms with Crippen LogP contribution in [0.2, 0.25) is 0 Å². The Morgan fingerprint density at radius 3 is 2.17 bits per heavy atom. The molecule has 0 amide bonds. The van der Waals surface area contributed by atoms with Crippen molar-refractivity contribution in [3.05, 3.63) is 8.96 Å². The smallest absolute Gasteiger partial charge is 0.346 e. The van der Waals surface area contributed by atoms with Gasteiger partial charge >= 0.3 is 11.9 Å². The van der Waals surface area contributed by atoms with Gasteiger partial charge in [0.1, 0.15) is 8.96 Å². The number of carboxylic acid groups (broad SMARTS) is 1. The van der Waals surface area contributed by atoms with Gasteiger partial charge in [-0.25, -0.2) is 9.59 Å². The summed E-state index contributed by atoms with van der Waals surface area (Å²) >= 11 is 5.50. The number of rotatable bonds is 3. The Kier molecular flexibility index (Phi) is 5.16. The van der Waals surface area contributed by atoms with Gasteiger partial charge in [0.2, 0.25) is 0 Å². The molecule has 0 heterocycles. The Morgan fingerprint density at radius 2 is 1.83 bits per heavy atom. The Morgan fingerprint density at radius 1 is 1.33 bits per heavy atom. The number of esters is 1. The summed E-state index contributed by atoms with van der Waals surface area (Å²) in [4.78, 5) is 21.2. The number of carbonyl (C=O) groups is 2. The minimum absolute atomic E-state index is 0.128. The quantitative estimate of drug-likeness (QED) is 0.636. The van der Waals surface area contributed by atoms with E-state index in [1.54, 1.807) is 6.92 Å². The fourth-order valence-corrected chi connectivity index (χ4v) is 0.824. The van der Waals surface area contributed by atoms with Gasteiger partial charge in [0.05, 0.1) is 6.61 Å². The number of carboxylic acids is 1. The molecule has 0 radical (unpaired) electrons. The maximum atomic E-state index is 10.9. The minimum atomic E-state index is -1.23. The molecule has 0 saturated carbocycles. The third-order valence-corrected chi connectivity index (χ3v) is 2.82. The number of halogens is 2. The highest BCUT2D eigenvalue weighted by Gasteiger charge is 2.16. The molecule has 0 aromatic heterocycles. The monoisotopic (exact) mass is 300 g/mol. The number of carbonyl (C=O) groups excluding carboxylic acids is 1. The molecule has 12 heavy (non-hydrogen) atoms. The van der Waals surface area contributed by atoms with Crippen LogP contribution in [-0.2, 0) is 14.3 Å². The first-order valence-corrected chi connectivity index (χ1v) is 4.55. The van der Waals surface area contributed by atoms with Gasteiger partial charge in [-0.05, 0) is 38.8 Å². The van der Waals surface area contributed by atoms with Gasteiger partial charge in [-0.1, -0.05) is 0 Å². The fraction of sp³-hybridized carbons (Fsp3) is 0.333. The molecule has 0 bridgehead atoms. The van der Waals surface area contributed by atoms with E-state index in [0.717, 1.165) is 0 Å². The zero-order valence-electron chi connectivity index (χ0n) is 6.13. The first-order chi connectivity index (χ1) is 5.50. The molecule has 0 rings (SSSR count). The van der Waals surface area contributed by atoms with E-state index in [9.17, 15) is 9.59 Å². The zero-order valence-corrected chi connectivity index (χ0v) is 9.31. The summed E-state index contributed by atoms with van der Waals surface area (Å²) in [5.74, 6) is -1.93. The number of aliphatic carboxylic acids is 1. The first-order valence-electron chi connectivity index (χ1n) is 2.96. The lowest BCUT2D eigenvalue weighted by Crippen LogP contribution is -2.07. The lowest BCUT2D eigenvalue weighted by molar-refractivity contribution is -0.138. The van der Waals surface area contributed by atoms with Crippen LogP contribution in [0.15, 0.2) is 8.96 Å². The van der Waals surface area contributed by atoms with Gasteiger partial charge in [0.15, 0.2) is 0 Å². The lowest BCUT2D eigenvalue weighted by atomic mass is 10.5. The van der Waals surface area contributed by atoms with Crippen LogP contribution in [0.1, 0.15) is 6.92 Å². The Bertz CT molecular complexity index is 234. The topological polar surface area (TPSA) is 63.6 Å². The summed E-state index contributed by atoms with van der Waals surface area (Å²) < 4.78 is 4.16. The van der Waals surface area contributed by atoms with Crippen LogP contribution >= 0.6 is 31.9 Å². The Hall–Kier alpha value is -0.360. The van der Waals surface area contributed by atoms with Crippen molar-refractivity contribution < 1.29 is 19.4 Å². The standard InChI is InChI=1S/C6H6Br2O4/c1-2-12-6(11)4(8)3(7)5(9)10/h2H2,1H3,(H,9,10). The van der Waals surface area contributed by atoms with Gasteiger partial charge in [-0.3, -0.25) is 0 Å². The molecular formula is C6H6Br2O4. The lowest BCUT2D eigenvalue weighted by Gasteiger charge is -2.00. The van der Waals surface area contributed by atoms with Crippen LogP contribution in [-0.4, -0.2) is 23.7 Å². The molecule has 0 aromatic carbocycles. The van der Waals surface area contributed by atoms with E-state index >= 15 is 0 Å². The van der Waals surface area contributed by atoms with E-state index < -0.39 is 11.9 Å². The van der Waals surface area contributed by atoms with Crippen molar-refractivity contribution in [3.8, 4) is 0 Å². The van der Waals surface area contributed by atoms with Crippen molar-refractivity contribution in [1.82, 2.24) is 0 Å². The average molecular weight is 302 g/mol. The molecule has 4 nitrogen and oxygen atoms in total. The van der Waals surface area contributed by atoms with Crippen molar-refractivity contribution in [3.63, 3.8) is 0 Å². The number of ether oxygens (including phenoxy) is 1. The van der Waals surface area contributed by atoms with Gasteiger partial charge in [0.25, 0.3) is 0 Å². The molecule has 0 aliphatic carbocycles. The minimum Gasteiger partial charge on any atom is -0.477 e. The summed E-state index contributed by atoms with van der Waals surface area (Å²) in [7, 11) is 0. The van der Waals surface area contributed by atoms with Crippen LogP contribution in [0.5, 0.6) is 0 Å². The van der Waals surface area contributed by atoms with Crippen molar-refractivity contribution in [1.29, 1.82) is 0 Å². The van der Waals surface area contributed by atoms with Crippen LogP contribution < -0.4 is 0 Å². The van der Waals surface area contributed by atoms with Crippen LogP contribution in [0, 0.1) is 0 Å². The predicted octanol–water partition coefficient (Wildman–Crippen LogP) is 1.64. The highest BCUT2D eigenvalue weighted by molar-refractivity contribution is 9.14. The summed E-state index contributed by atoms with van der Waals surface area (Å²) in [6.07, 6.45) is 0. The molecule has 0 saturated heterocycles. The highest BCUT2D eigenvalue weighted by Crippen LogP contribution is 2.19.